The van der Waals surface area contributed by atoms with E-state index in [4.69, 9.17) is 10.5 Å². The lowest BCUT2D eigenvalue weighted by Crippen LogP contribution is -2.30. The Labute approximate surface area is 108 Å². The number of rotatable bonds is 6. The molecule has 1 unspecified atom stereocenters. The molecule has 3 nitrogen and oxygen atoms in total. The van der Waals surface area contributed by atoms with Crippen molar-refractivity contribution >= 4 is 5.78 Å². The zero-order chi connectivity index (χ0) is 13.0. The van der Waals surface area contributed by atoms with Crippen LogP contribution in [-0.2, 0) is 17.6 Å². The van der Waals surface area contributed by atoms with E-state index in [9.17, 15) is 4.79 Å². The highest BCUT2D eigenvalue weighted by Crippen LogP contribution is 2.26. The van der Waals surface area contributed by atoms with Gasteiger partial charge < -0.3 is 10.5 Å². The molecule has 1 aromatic carbocycles. The molecule has 0 radical (unpaired) electrons. The fourth-order valence-electron chi connectivity index (χ4n) is 2.32. The van der Waals surface area contributed by atoms with Crippen LogP contribution in [0.25, 0.3) is 0 Å². The molecule has 1 aliphatic heterocycles. The number of nitrogens with two attached hydrogens (primary N) is 1. The summed E-state index contributed by atoms with van der Waals surface area (Å²) in [6.07, 6.45) is 4.05. The molecule has 1 aromatic rings. The Bertz CT molecular complexity index is 429. The molecule has 1 aliphatic rings. The van der Waals surface area contributed by atoms with Crippen molar-refractivity contribution in [2.24, 2.45) is 5.73 Å². The smallest absolute Gasteiger partial charge is 0.149 e. The third-order valence-corrected chi connectivity index (χ3v) is 3.43. The van der Waals surface area contributed by atoms with E-state index >= 15 is 0 Å². The zero-order valence-corrected chi connectivity index (χ0v) is 10.9. The molecule has 1 atom stereocenters. The highest BCUT2D eigenvalue weighted by molar-refractivity contribution is 5.83. The van der Waals surface area contributed by atoms with E-state index in [1.54, 1.807) is 0 Å². The van der Waals surface area contributed by atoms with E-state index in [1.807, 2.05) is 19.1 Å². The summed E-state index contributed by atoms with van der Waals surface area (Å²) in [7, 11) is 0. The van der Waals surface area contributed by atoms with Crippen LogP contribution in [0.5, 0.6) is 5.75 Å². The monoisotopic (exact) mass is 247 g/mol. The van der Waals surface area contributed by atoms with E-state index in [0.29, 0.717) is 6.42 Å². The lowest BCUT2D eigenvalue weighted by Gasteiger charge is -2.09. The van der Waals surface area contributed by atoms with Gasteiger partial charge in [0, 0.05) is 12.8 Å². The van der Waals surface area contributed by atoms with E-state index in [1.165, 1.54) is 11.1 Å². The van der Waals surface area contributed by atoms with Crippen LogP contribution < -0.4 is 10.5 Å². The van der Waals surface area contributed by atoms with E-state index in [-0.39, 0.29) is 11.8 Å². The Morgan fingerprint density at radius 3 is 3.11 bits per heavy atom. The second kappa shape index (κ2) is 6.01. The summed E-state index contributed by atoms with van der Waals surface area (Å²) >= 11 is 0. The molecule has 0 aromatic heterocycles. The maximum absolute atomic E-state index is 11.8. The van der Waals surface area contributed by atoms with Crippen LogP contribution in [0, 0.1) is 0 Å². The van der Waals surface area contributed by atoms with Crippen molar-refractivity contribution < 1.29 is 9.53 Å². The lowest BCUT2D eigenvalue weighted by atomic mass is 9.99. The van der Waals surface area contributed by atoms with Crippen molar-refractivity contribution in [1.82, 2.24) is 0 Å². The van der Waals surface area contributed by atoms with Gasteiger partial charge >= 0.3 is 0 Å². The third kappa shape index (κ3) is 3.10. The highest BCUT2D eigenvalue weighted by atomic mass is 16.5. The molecular formula is C15H21NO2. The second-order valence-corrected chi connectivity index (χ2v) is 4.90. The first kappa shape index (κ1) is 13.1. The third-order valence-electron chi connectivity index (χ3n) is 3.43. The van der Waals surface area contributed by atoms with E-state index in [0.717, 1.165) is 38.0 Å². The van der Waals surface area contributed by atoms with Gasteiger partial charge in [0.2, 0.25) is 0 Å². The van der Waals surface area contributed by atoms with E-state index < -0.39 is 0 Å². The molecule has 0 bridgehead atoms. The molecule has 0 amide bonds. The molecule has 0 aliphatic carbocycles. The summed E-state index contributed by atoms with van der Waals surface area (Å²) < 4.78 is 5.46. The molecule has 1 heterocycles. The summed E-state index contributed by atoms with van der Waals surface area (Å²) in [6.45, 7) is 2.83. The minimum atomic E-state index is -0.284. The van der Waals surface area contributed by atoms with Crippen LogP contribution in [0.15, 0.2) is 18.2 Å². The summed E-state index contributed by atoms with van der Waals surface area (Å²) in [5, 5.41) is 0. The number of Topliss-reactive ketones (excluding diaryl/α,β-unsaturated/α-hetero) is 1. The predicted octanol–water partition coefficient (Wildman–Crippen LogP) is 2.25. The number of carbonyl (C=O) groups excluding carboxylic acids is 1. The van der Waals surface area contributed by atoms with Gasteiger partial charge in [-0.15, -0.1) is 0 Å². The number of hydrogen-bond donors (Lipinski definition) is 1. The minimum absolute atomic E-state index is 0.175. The first-order valence-corrected chi connectivity index (χ1v) is 6.73. The normalized spacial score (nSPS) is 15.0. The van der Waals surface area contributed by atoms with E-state index in [2.05, 4.69) is 6.07 Å². The van der Waals surface area contributed by atoms with Crippen LogP contribution in [0.3, 0.4) is 0 Å². The van der Waals surface area contributed by atoms with Crippen molar-refractivity contribution in [3.05, 3.63) is 29.3 Å². The molecule has 0 spiro atoms. The van der Waals surface area contributed by atoms with Crippen molar-refractivity contribution in [1.29, 1.82) is 0 Å². The quantitative estimate of drug-likeness (QED) is 0.838. The molecule has 2 rings (SSSR count). The molecule has 0 saturated heterocycles. The summed E-state index contributed by atoms with van der Waals surface area (Å²) in [5.41, 5.74) is 8.28. The largest absolute Gasteiger partial charge is 0.493 e. The zero-order valence-electron chi connectivity index (χ0n) is 10.9. The summed E-state index contributed by atoms with van der Waals surface area (Å²) in [6, 6.07) is 5.92. The number of fused-ring (bicyclic) bond motifs is 1. The fourth-order valence-corrected chi connectivity index (χ4v) is 2.32. The van der Waals surface area contributed by atoms with Crippen molar-refractivity contribution in [2.45, 2.75) is 45.1 Å². The van der Waals surface area contributed by atoms with Gasteiger partial charge in [-0.25, -0.2) is 0 Å². The number of ether oxygens (including phenoxy) is 1. The maximum Gasteiger partial charge on any atom is 0.149 e. The standard InChI is InChI=1S/C15H21NO2/c1-2-3-13(16)14(17)6-4-11-5-7-15-12(10-11)8-9-18-15/h5,7,10,13H,2-4,6,8-9,16H2,1H3. The molecule has 2 N–H and O–H groups in total. The van der Waals surface area contributed by atoms with Gasteiger partial charge in [-0.05, 0) is 30.0 Å². The Hall–Kier alpha value is -1.35. The Morgan fingerprint density at radius 1 is 1.50 bits per heavy atom. The van der Waals surface area contributed by atoms with Crippen LogP contribution in [0.2, 0.25) is 0 Å². The molecule has 18 heavy (non-hydrogen) atoms. The molecular weight excluding hydrogens is 226 g/mol. The minimum Gasteiger partial charge on any atom is -0.493 e. The van der Waals surface area contributed by atoms with Gasteiger partial charge in [0.05, 0.1) is 12.6 Å². The molecule has 0 saturated carbocycles. The fraction of sp³-hybridized carbons (Fsp3) is 0.533. The number of ketones is 1. The molecule has 0 fully saturated rings. The first-order valence-electron chi connectivity index (χ1n) is 6.73. The average molecular weight is 247 g/mol. The van der Waals surface area contributed by atoms with Gasteiger partial charge in [-0.1, -0.05) is 25.5 Å². The van der Waals surface area contributed by atoms with Gasteiger partial charge in [0.1, 0.15) is 11.5 Å². The van der Waals surface area contributed by atoms with Crippen LogP contribution in [0.1, 0.15) is 37.3 Å². The van der Waals surface area contributed by atoms with Crippen molar-refractivity contribution in [2.75, 3.05) is 6.61 Å². The summed E-state index contributed by atoms with van der Waals surface area (Å²) in [4.78, 5) is 11.8. The number of hydrogen-bond acceptors (Lipinski definition) is 3. The van der Waals surface area contributed by atoms with Gasteiger partial charge in [-0.3, -0.25) is 4.79 Å². The maximum atomic E-state index is 11.8. The van der Waals surface area contributed by atoms with Gasteiger partial charge in [-0.2, -0.15) is 0 Å². The van der Waals surface area contributed by atoms with Gasteiger partial charge in [0.15, 0.2) is 0 Å². The lowest BCUT2D eigenvalue weighted by molar-refractivity contribution is -0.120. The van der Waals surface area contributed by atoms with Gasteiger partial charge in [0.25, 0.3) is 0 Å². The second-order valence-electron chi connectivity index (χ2n) is 4.90. The highest BCUT2D eigenvalue weighted by Gasteiger charge is 2.14. The van der Waals surface area contributed by atoms with Crippen LogP contribution in [0.4, 0.5) is 0 Å². The Kier molecular flexibility index (Phi) is 4.37. The predicted molar refractivity (Wildman–Crippen MR) is 71.9 cm³/mol. The van der Waals surface area contributed by atoms with Crippen LogP contribution in [-0.4, -0.2) is 18.4 Å². The van der Waals surface area contributed by atoms with Crippen molar-refractivity contribution in [3.8, 4) is 5.75 Å². The SMILES string of the molecule is CCCC(N)C(=O)CCc1ccc2c(c1)CCO2. The number of carbonyl (C=O) groups is 1. The topological polar surface area (TPSA) is 52.3 Å². The average Bonchev–Trinajstić information content (AvgIpc) is 2.83. The first-order chi connectivity index (χ1) is 8.70. The molecule has 98 valence electrons. The Balaban J connectivity index is 1.88. The molecule has 3 heteroatoms. The van der Waals surface area contributed by atoms with Crippen LogP contribution >= 0.6 is 0 Å². The number of aryl methyl sites for hydroxylation is 1. The Morgan fingerprint density at radius 2 is 2.33 bits per heavy atom. The van der Waals surface area contributed by atoms with Crippen molar-refractivity contribution in [3.63, 3.8) is 0 Å². The number of benzene rings is 1. The summed E-state index contributed by atoms with van der Waals surface area (Å²) in [5.74, 6) is 1.17.